The van der Waals surface area contributed by atoms with E-state index in [1.807, 2.05) is 30.3 Å². The Morgan fingerprint density at radius 1 is 1.25 bits per heavy atom. The Morgan fingerprint density at radius 2 is 2.00 bits per heavy atom. The van der Waals surface area contributed by atoms with E-state index >= 15 is 0 Å². The summed E-state index contributed by atoms with van der Waals surface area (Å²) in [6.07, 6.45) is 0. The number of methoxy groups -OCH3 is 1. The summed E-state index contributed by atoms with van der Waals surface area (Å²) in [6.45, 7) is 0.980. The molecule has 0 amide bonds. The van der Waals surface area contributed by atoms with Crippen LogP contribution >= 0.6 is 0 Å². The number of nitrogens with zero attached hydrogens (tertiary/aromatic N) is 1. The molecule has 0 saturated carbocycles. The number of ether oxygens (including phenoxy) is 1. The van der Waals surface area contributed by atoms with E-state index in [-0.39, 0.29) is 11.9 Å². The van der Waals surface area contributed by atoms with Gasteiger partial charge in [-0.05, 0) is 24.3 Å². The average molecular weight is 272 g/mol. The van der Waals surface area contributed by atoms with Gasteiger partial charge >= 0.3 is 0 Å². The lowest BCUT2D eigenvalue weighted by atomic mass is 10.0. The van der Waals surface area contributed by atoms with Crippen LogP contribution in [0.3, 0.4) is 0 Å². The summed E-state index contributed by atoms with van der Waals surface area (Å²) in [5.41, 5.74) is 8.49. The highest BCUT2D eigenvalue weighted by Crippen LogP contribution is 2.42. The summed E-state index contributed by atoms with van der Waals surface area (Å²) in [6, 6.07) is 12.9. The van der Waals surface area contributed by atoms with Crippen molar-refractivity contribution in [1.82, 2.24) is 0 Å². The molecule has 0 bridgehead atoms. The Morgan fingerprint density at radius 3 is 2.65 bits per heavy atom. The zero-order valence-corrected chi connectivity index (χ0v) is 11.3. The van der Waals surface area contributed by atoms with E-state index in [0.717, 1.165) is 17.0 Å². The van der Waals surface area contributed by atoms with Gasteiger partial charge in [0.15, 0.2) is 0 Å². The van der Waals surface area contributed by atoms with Crippen molar-refractivity contribution in [2.45, 2.75) is 12.6 Å². The summed E-state index contributed by atoms with van der Waals surface area (Å²) in [5.74, 6) is 0.507. The third-order valence-electron chi connectivity index (χ3n) is 3.83. The van der Waals surface area contributed by atoms with E-state index in [1.54, 1.807) is 13.2 Å². The second-order valence-corrected chi connectivity index (χ2v) is 4.86. The molecule has 0 saturated heterocycles. The molecule has 0 spiro atoms. The van der Waals surface area contributed by atoms with Crippen molar-refractivity contribution in [2.75, 3.05) is 18.6 Å². The fourth-order valence-electron chi connectivity index (χ4n) is 2.90. The van der Waals surface area contributed by atoms with Crippen molar-refractivity contribution < 1.29 is 9.13 Å². The van der Waals surface area contributed by atoms with Crippen LogP contribution in [-0.4, -0.2) is 13.7 Å². The third kappa shape index (κ3) is 1.93. The minimum absolute atomic E-state index is 0.150. The maximum Gasteiger partial charge on any atom is 0.129 e. The lowest BCUT2D eigenvalue weighted by molar-refractivity contribution is 0.409. The van der Waals surface area contributed by atoms with Gasteiger partial charge in [0.2, 0.25) is 0 Å². The Kier molecular flexibility index (Phi) is 3.32. The number of fused-ring (bicyclic) bond motifs is 1. The van der Waals surface area contributed by atoms with Gasteiger partial charge in [-0.1, -0.05) is 18.2 Å². The first-order valence-electron chi connectivity index (χ1n) is 6.63. The molecule has 3 nitrogen and oxygen atoms in total. The second kappa shape index (κ2) is 5.13. The molecule has 20 heavy (non-hydrogen) atoms. The molecule has 0 aromatic heterocycles. The maximum atomic E-state index is 14.2. The molecule has 1 atom stereocenters. The normalized spacial score (nSPS) is 17.1. The minimum atomic E-state index is -0.213. The molecule has 0 radical (unpaired) electrons. The van der Waals surface area contributed by atoms with Crippen molar-refractivity contribution in [1.29, 1.82) is 0 Å². The van der Waals surface area contributed by atoms with E-state index in [9.17, 15) is 4.39 Å². The molecule has 1 aliphatic heterocycles. The number of para-hydroxylation sites is 1. The van der Waals surface area contributed by atoms with Crippen molar-refractivity contribution in [2.24, 2.45) is 5.73 Å². The molecular weight excluding hydrogens is 255 g/mol. The fourth-order valence-corrected chi connectivity index (χ4v) is 2.90. The van der Waals surface area contributed by atoms with Crippen LogP contribution in [0, 0.1) is 5.82 Å². The van der Waals surface area contributed by atoms with Gasteiger partial charge in [0.1, 0.15) is 11.6 Å². The first-order valence-corrected chi connectivity index (χ1v) is 6.63. The van der Waals surface area contributed by atoms with Gasteiger partial charge in [0.25, 0.3) is 0 Å². The fraction of sp³-hybridized carbons (Fsp3) is 0.250. The second-order valence-electron chi connectivity index (χ2n) is 4.86. The first kappa shape index (κ1) is 12.9. The van der Waals surface area contributed by atoms with Gasteiger partial charge in [-0.2, -0.15) is 0 Å². The number of anilines is 1. The molecule has 0 aliphatic carbocycles. The summed E-state index contributed by atoms with van der Waals surface area (Å²) in [5, 5.41) is 0. The van der Waals surface area contributed by atoms with Crippen LogP contribution in [0.5, 0.6) is 5.75 Å². The highest BCUT2D eigenvalue weighted by molar-refractivity contribution is 5.58. The van der Waals surface area contributed by atoms with E-state index in [0.29, 0.717) is 18.7 Å². The quantitative estimate of drug-likeness (QED) is 0.933. The Bertz CT molecular complexity index is 615. The molecule has 0 fully saturated rings. The SMILES string of the molecule is COc1ccc(F)c2c1CN(c1ccccc1)C2CN. The zero-order valence-electron chi connectivity index (χ0n) is 11.3. The van der Waals surface area contributed by atoms with Crippen LogP contribution in [-0.2, 0) is 6.54 Å². The molecule has 104 valence electrons. The molecule has 2 aromatic rings. The van der Waals surface area contributed by atoms with Crippen molar-refractivity contribution >= 4 is 5.69 Å². The monoisotopic (exact) mass is 272 g/mol. The number of hydrogen-bond acceptors (Lipinski definition) is 3. The summed E-state index contributed by atoms with van der Waals surface area (Å²) in [7, 11) is 1.61. The van der Waals surface area contributed by atoms with Crippen molar-refractivity contribution in [3.63, 3.8) is 0 Å². The van der Waals surface area contributed by atoms with E-state index < -0.39 is 0 Å². The summed E-state index contributed by atoms with van der Waals surface area (Å²) >= 11 is 0. The smallest absolute Gasteiger partial charge is 0.129 e. The topological polar surface area (TPSA) is 38.5 Å². The molecule has 4 heteroatoms. The third-order valence-corrected chi connectivity index (χ3v) is 3.83. The van der Waals surface area contributed by atoms with Crippen molar-refractivity contribution in [3.05, 3.63) is 59.4 Å². The summed E-state index contributed by atoms with van der Waals surface area (Å²) < 4.78 is 19.6. The van der Waals surface area contributed by atoms with Gasteiger partial charge in [0, 0.05) is 29.9 Å². The highest BCUT2D eigenvalue weighted by atomic mass is 19.1. The van der Waals surface area contributed by atoms with Crippen LogP contribution < -0.4 is 15.4 Å². The van der Waals surface area contributed by atoms with Crippen molar-refractivity contribution in [3.8, 4) is 5.75 Å². The molecule has 1 heterocycles. The number of nitrogens with two attached hydrogens (primary N) is 1. The van der Waals surface area contributed by atoms with Crippen LogP contribution in [0.25, 0.3) is 0 Å². The number of halogens is 1. The van der Waals surface area contributed by atoms with E-state index in [2.05, 4.69) is 4.90 Å². The van der Waals surface area contributed by atoms with Crippen LogP contribution in [0.2, 0.25) is 0 Å². The Labute approximate surface area is 117 Å². The molecular formula is C16H17FN2O. The lowest BCUT2D eigenvalue weighted by Gasteiger charge is -2.26. The average Bonchev–Trinajstić information content (AvgIpc) is 2.89. The van der Waals surface area contributed by atoms with E-state index in [1.165, 1.54) is 6.07 Å². The van der Waals surface area contributed by atoms with Gasteiger partial charge in [-0.15, -0.1) is 0 Å². The standard InChI is InChI=1S/C16H17FN2O/c1-20-15-8-7-13(17)16-12(15)10-19(14(16)9-18)11-5-3-2-4-6-11/h2-8,14H,9-10,18H2,1H3. The van der Waals surface area contributed by atoms with Gasteiger partial charge in [0.05, 0.1) is 13.2 Å². The lowest BCUT2D eigenvalue weighted by Crippen LogP contribution is -2.28. The first-order chi connectivity index (χ1) is 9.76. The molecule has 1 unspecified atom stereocenters. The molecule has 1 aliphatic rings. The maximum absolute atomic E-state index is 14.2. The minimum Gasteiger partial charge on any atom is -0.496 e. The van der Waals surface area contributed by atoms with Crippen LogP contribution in [0.1, 0.15) is 17.2 Å². The number of rotatable bonds is 3. The Balaban J connectivity index is 2.09. The van der Waals surface area contributed by atoms with E-state index in [4.69, 9.17) is 10.5 Å². The molecule has 3 rings (SSSR count). The molecule has 2 aromatic carbocycles. The number of hydrogen-bond donors (Lipinski definition) is 1. The predicted octanol–water partition coefficient (Wildman–Crippen LogP) is 2.85. The summed E-state index contributed by atoms with van der Waals surface area (Å²) in [4.78, 5) is 2.12. The van der Waals surface area contributed by atoms with Gasteiger partial charge < -0.3 is 15.4 Å². The zero-order chi connectivity index (χ0) is 14.1. The molecule has 2 N–H and O–H groups in total. The Hall–Kier alpha value is -2.07. The number of benzene rings is 2. The van der Waals surface area contributed by atoms with Crippen LogP contribution in [0.15, 0.2) is 42.5 Å². The van der Waals surface area contributed by atoms with Gasteiger partial charge in [-0.25, -0.2) is 4.39 Å². The highest BCUT2D eigenvalue weighted by Gasteiger charge is 2.34. The predicted molar refractivity (Wildman–Crippen MR) is 77.4 cm³/mol. The van der Waals surface area contributed by atoms with Gasteiger partial charge in [-0.3, -0.25) is 0 Å². The largest absolute Gasteiger partial charge is 0.496 e. The van der Waals surface area contributed by atoms with Crippen LogP contribution in [0.4, 0.5) is 10.1 Å².